The lowest BCUT2D eigenvalue weighted by atomic mass is 9.87. The number of nitrogens with two attached hydrogens (primary N) is 1. The molecule has 12 heteroatoms. The van der Waals surface area contributed by atoms with Crippen LogP contribution >= 0.6 is 0 Å². The molecule has 2 amide bonds. The largest absolute Gasteiger partial charge is 0.387 e. The smallest absolute Gasteiger partial charge is 0.321 e. The van der Waals surface area contributed by atoms with Crippen LogP contribution < -0.4 is 11.1 Å². The molecule has 3 aromatic rings. The van der Waals surface area contributed by atoms with E-state index in [1.54, 1.807) is 16.5 Å². The zero-order valence-electron chi connectivity index (χ0n) is 21.9. The van der Waals surface area contributed by atoms with Gasteiger partial charge in [-0.3, -0.25) is 4.57 Å². The van der Waals surface area contributed by atoms with Crippen LogP contribution in [0.2, 0.25) is 0 Å². The standard InChI is InChI=1S/C25H36N8O4/c1-25(2,3)15-6-8-16(9-7-15)30-24(36)32(5)11-10-31(4)12-17-19(34)20(35)23(37-17)33-14-29-18-21(26)27-13-28-22(18)33/h6-9,13-14,17,19-20,23,34-35H,10-12H2,1-5H3,(H,30,36)(H2,26,27,28). The molecule has 37 heavy (non-hydrogen) atoms. The Hall–Kier alpha value is -3.32. The van der Waals surface area contributed by atoms with Crippen LogP contribution in [-0.2, 0) is 10.2 Å². The molecule has 1 aliphatic rings. The first-order chi connectivity index (χ1) is 17.5. The van der Waals surface area contributed by atoms with Crippen LogP contribution in [0.25, 0.3) is 11.2 Å². The lowest BCUT2D eigenvalue weighted by molar-refractivity contribution is -0.0423. The van der Waals surface area contributed by atoms with Gasteiger partial charge < -0.3 is 35.8 Å². The summed E-state index contributed by atoms with van der Waals surface area (Å²) in [6.45, 7) is 7.78. The van der Waals surface area contributed by atoms with Gasteiger partial charge in [0.2, 0.25) is 0 Å². The third-order valence-electron chi connectivity index (χ3n) is 6.66. The predicted molar refractivity (Wildman–Crippen MR) is 140 cm³/mol. The van der Waals surface area contributed by atoms with Crippen molar-refractivity contribution in [2.45, 2.75) is 50.7 Å². The number of aromatic nitrogens is 4. The number of fused-ring (bicyclic) bond motifs is 1. The number of nitrogen functional groups attached to an aromatic ring is 1. The number of carbonyl (C=O) groups is 1. The van der Waals surface area contributed by atoms with Gasteiger partial charge in [0, 0.05) is 32.4 Å². The quantitative estimate of drug-likeness (QED) is 0.368. The Kier molecular flexibility index (Phi) is 7.64. The molecule has 12 nitrogen and oxygen atoms in total. The summed E-state index contributed by atoms with van der Waals surface area (Å²) in [6, 6.07) is 7.64. The first kappa shape index (κ1) is 26.7. The second kappa shape index (κ2) is 10.6. The number of nitrogens with one attached hydrogen (secondary N) is 1. The first-order valence-electron chi connectivity index (χ1n) is 12.2. The normalized spacial score (nSPS) is 22.1. The molecule has 1 fully saturated rings. The molecule has 200 valence electrons. The van der Waals surface area contributed by atoms with Crippen LogP contribution in [0.15, 0.2) is 36.9 Å². The van der Waals surface area contributed by atoms with Crippen LogP contribution in [0.1, 0.15) is 32.6 Å². The molecular formula is C25H36N8O4. The van der Waals surface area contributed by atoms with Crippen molar-refractivity contribution in [2.75, 3.05) is 44.8 Å². The maximum Gasteiger partial charge on any atom is 0.321 e. The Morgan fingerprint density at radius 1 is 1.11 bits per heavy atom. The van der Waals surface area contributed by atoms with E-state index in [0.29, 0.717) is 30.8 Å². The topological polar surface area (TPSA) is 155 Å². The van der Waals surface area contributed by atoms with E-state index in [2.05, 4.69) is 41.0 Å². The van der Waals surface area contributed by atoms with Crippen molar-refractivity contribution in [2.24, 2.45) is 0 Å². The maximum atomic E-state index is 12.6. The van der Waals surface area contributed by atoms with Gasteiger partial charge in [0.15, 0.2) is 17.7 Å². The number of hydrogen-bond donors (Lipinski definition) is 4. The van der Waals surface area contributed by atoms with Crippen LogP contribution in [0.4, 0.5) is 16.3 Å². The average molecular weight is 513 g/mol. The van der Waals surface area contributed by atoms with E-state index in [4.69, 9.17) is 10.5 Å². The first-order valence-corrected chi connectivity index (χ1v) is 12.2. The number of carbonyl (C=O) groups excluding carboxylic acids is 1. The Morgan fingerprint density at radius 3 is 2.49 bits per heavy atom. The molecule has 2 aromatic heterocycles. The maximum absolute atomic E-state index is 12.6. The molecule has 0 saturated carbocycles. The zero-order chi connectivity index (χ0) is 26.9. The van der Waals surface area contributed by atoms with E-state index in [9.17, 15) is 15.0 Å². The highest BCUT2D eigenvalue weighted by molar-refractivity contribution is 5.89. The summed E-state index contributed by atoms with van der Waals surface area (Å²) in [4.78, 5) is 28.5. The summed E-state index contributed by atoms with van der Waals surface area (Å²) in [7, 11) is 3.60. The van der Waals surface area contributed by atoms with Crippen molar-refractivity contribution in [3.8, 4) is 0 Å². The fourth-order valence-electron chi connectivity index (χ4n) is 4.26. The fraction of sp³-hybridized carbons (Fsp3) is 0.520. The molecule has 1 aliphatic heterocycles. The summed E-state index contributed by atoms with van der Waals surface area (Å²) in [6.07, 6.45) is -1.03. The minimum atomic E-state index is -1.18. The Balaban J connectivity index is 1.29. The number of aliphatic hydroxyl groups excluding tert-OH is 2. The lowest BCUT2D eigenvalue weighted by Crippen LogP contribution is -2.42. The highest BCUT2D eigenvalue weighted by Crippen LogP contribution is 2.32. The molecule has 0 radical (unpaired) electrons. The van der Waals surface area contributed by atoms with Gasteiger partial charge in [0.1, 0.15) is 30.2 Å². The highest BCUT2D eigenvalue weighted by atomic mass is 16.6. The highest BCUT2D eigenvalue weighted by Gasteiger charge is 2.44. The molecule has 4 unspecified atom stereocenters. The van der Waals surface area contributed by atoms with Crippen molar-refractivity contribution in [1.29, 1.82) is 0 Å². The fourth-order valence-corrected chi connectivity index (χ4v) is 4.26. The number of amides is 2. The Bertz CT molecular complexity index is 1230. The molecule has 4 rings (SSSR count). The average Bonchev–Trinajstić information content (AvgIpc) is 3.39. The number of nitrogens with zero attached hydrogens (tertiary/aromatic N) is 6. The molecule has 0 spiro atoms. The van der Waals surface area contributed by atoms with Crippen molar-refractivity contribution < 1.29 is 19.7 Å². The van der Waals surface area contributed by atoms with Gasteiger partial charge in [0.05, 0.1) is 6.33 Å². The van der Waals surface area contributed by atoms with E-state index in [-0.39, 0.29) is 17.3 Å². The van der Waals surface area contributed by atoms with Crippen LogP contribution in [0.5, 0.6) is 0 Å². The second-order valence-electron chi connectivity index (χ2n) is 10.6. The van der Waals surface area contributed by atoms with Gasteiger partial charge in [0.25, 0.3) is 0 Å². The summed E-state index contributed by atoms with van der Waals surface area (Å²) >= 11 is 0. The van der Waals surface area contributed by atoms with E-state index >= 15 is 0 Å². The molecular weight excluding hydrogens is 476 g/mol. The lowest BCUT2D eigenvalue weighted by Gasteiger charge is -2.25. The van der Waals surface area contributed by atoms with Crippen molar-refractivity contribution in [1.82, 2.24) is 29.3 Å². The number of aliphatic hydroxyl groups is 2. The molecule has 4 atom stereocenters. The second-order valence-corrected chi connectivity index (χ2v) is 10.6. The number of urea groups is 1. The molecule has 0 aliphatic carbocycles. The Labute approximate surface area is 216 Å². The summed E-state index contributed by atoms with van der Waals surface area (Å²) < 4.78 is 7.55. The van der Waals surface area contributed by atoms with Gasteiger partial charge in [-0.1, -0.05) is 32.9 Å². The molecule has 1 saturated heterocycles. The van der Waals surface area contributed by atoms with E-state index in [1.807, 2.05) is 36.2 Å². The molecule has 5 N–H and O–H groups in total. The molecule has 1 aromatic carbocycles. The molecule has 0 bridgehead atoms. The summed E-state index contributed by atoms with van der Waals surface area (Å²) in [5.41, 5.74) is 8.65. The van der Waals surface area contributed by atoms with E-state index in [1.165, 1.54) is 18.2 Å². The van der Waals surface area contributed by atoms with Gasteiger partial charge in [-0.25, -0.2) is 19.7 Å². The summed E-state index contributed by atoms with van der Waals surface area (Å²) in [5, 5.41) is 24.2. The number of ether oxygens (including phenoxy) is 1. The minimum absolute atomic E-state index is 0.0471. The minimum Gasteiger partial charge on any atom is -0.387 e. The van der Waals surface area contributed by atoms with Crippen LogP contribution in [0, 0.1) is 0 Å². The monoisotopic (exact) mass is 512 g/mol. The number of benzene rings is 1. The number of likely N-dealkylation sites (N-methyl/N-ethyl adjacent to an activating group) is 2. The van der Waals surface area contributed by atoms with Crippen molar-refractivity contribution >= 4 is 28.7 Å². The Morgan fingerprint density at radius 2 is 1.81 bits per heavy atom. The van der Waals surface area contributed by atoms with E-state index in [0.717, 1.165) is 5.69 Å². The van der Waals surface area contributed by atoms with Crippen LogP contribution in [-0.4, -0.2) is 97.6 Å². The zero-order valence-corrected chi connectivity index (χ0v) is 21.9. The molecule has 3 heterocycles. The van der Waals surface area contributed by atoms with Crippen LogP contribution in [0.3, 0.4) is 0 Å². The number of imidazole rings is 1. The number of rotatable bonds is 7. The SMILES string of the molecule is CN(CCN(C)C(=O)Nc1ccc(C(C)(C)C)cc1)CC1OC(n2cnc3c(N)ncnc32)C(O)C1O. The van der Waals surface area contributed by atoms with Gasteiger partial charge in [-0.05, 0) is 30.2 Å². The van der Waals surface area contributed by atoms with E-state index < -0.39 is 24.5 Å². The van der Waals surface area contributed by atoms with Gasteiger partial charge in [-0.15, -0.1) is 0 Å². The third kappa shape index (κ3) is 5.82. The van der Waals surface area contributed by atoms with Crippen molar-refractivity contribution in [3.63, 3.8) is 0 Å². The number of hydrogen-bond acceptors (Lipinski definition) is 9. The summed E-state index contributed by atoms with van der Waals surface area (Å²) in [5.74, 6) is 0.225. The van der Waals surface area contributed by atoms with Gasteiger partial charge in [-0.2, -0.15) is 0 Å². The third-order valence-corrected chi connectivity index (χ3v) is 6.66. The van der Waals surface area contributed by atoms with Gasteiger partial charge >= 0.3 is 6.03 Å². The number of anilines is 2. The predicted octanol–water partition coefficient (Wildman–Crippen LogP) is 1.42. The van der Waals surface area contributed by atoms with Crippen molar-refractivity contribution in [3.05, 3.63) is 42.5 Å².